The van der Waals surface area contributed by atoms with E-state index in [4.69, 9.17) is 5.73 Å². The number of hydrogen-bond acceptors (Lipinski definition) is 6. The molecule has 0 atom stereocenters. The second kappa shape index (κ2) is 8.28. The van der Waals surface area contributed by atoms with Crippen LogP contribution in [0.15, 0.2) is 47.6 Å². The van der Waals surface area contributed by atoms with Crippen molar-refractivity contribution < 1.29 is 21.6 Å². The first-order chi connectivity index (χ1) is 16.2. The van der Waals surface area contributed by atoms with E-state index in [9.17, 15) is 21.6 Å². The van der Waals surface area contributed by atoms with Crippen molar-refractivity contribution in [3.63, 3.8) is 0 Å². The lowest BCUT2D eigenvalue weighted by Crippen LogP contribution is -2.14. The Balaban J connectivity index is 1.53. The Morgan fingerprint density at radius 3 is 2.44 bits per heavy atom. The van der Waals surface area contributed by atoms with Gasteiger partial charge in [-0.05, 0) is 43.2 Å². The smallest absolute Gasteiger partial charge is 0.262 e. The Hall–Kier alpha value is -3.67. The predicted molar refractivity (Wildman–Crippen MR) is 120 cm³/mol. The maximum Gasteiger partial charge on any atom is 0.262 e. The molecule has 0 aliphatic heterocycles. The van der Waals surface area contributed by atoms with Gasteiger partial charge in [0.15, 0.2) is 17.3 Å². The van der Waals surface area contributed by atoms with E-state index in [1.54, 1.807) is 4.68 Å². The topological polar surface area (TPSA) is 116 Å². The first kappa shape index (κ1) is 22.1. The van der Waals surface area contributed by atoms with E-state index in [0.717, 1.165) is 37.8 Å². The van der Waals surface area contributed by atoms with E-state index in [1.165, 1.54) is 18.5 Å². The highest BCUT2D eigenvalue weighted by molar-refractivity contribution is 7.92. The van der Waals surface area contributed by atoms with Gasteiger partial charge in [0.2, 0.25) is 0 Å². The van der Waals surface area contributed by atoms with Gasteiger partial charge >= 0.3 is 0 Å². The average Bonchev–Trinajstić information content (AvgIpc) is 3.45. The van der Waals surface area contributed by atoms with Crippen LogP contribution in [0.4, 0.5) is 24.7 Å². The maximum absolute atomic E-state index is 15.0. The SMILES string of the molecule is Nc1ncnc2c1c(-c1ccc(NS(=O)(=O)c3ccc(F)c(F)c3)c(F)c1)nn2C1CCCC1. The number of sulfonamides is 1. The zero-order valence-corrected chi connectivity index (χ0v) is 18.5. The highest BCUT2D eigenvalue weighted by Gasteiger charge is 2.25. The lowest BCUT2D eigenvalue weighted by atomic mass is 10.1. The molecule has 12 heteroatoms. The van der Waals surface area contributed by atoms with Crippen LogP contribution in [-0.2, 0) is 10.0 Å². The molecule has 0 unspecified atom stereocenters. The minimum atomic E-state index is -4.36. The standard InChI is InChI=1S/C22H19F3N6O2S/c23-15-7-6-14(10-16(15)24)34(32,33)30-18-8-5-12(9-17(18)25)20-19-21(26)27-11-28-22(19)31(29-20)13-3-1-2-4-13/h5-11,13,30H,1-4H2,(H2,26,27,28). The summed E-state index contributed by atoms with van der Waals surface area (Å²) in [5, 5.41) is 5.15. The van der Waals surface area contributed by atoms with Crippen molar-refractivity contribution >= 4 is 32.6 Å². The summed E-state index contributed by atoms with van der Waals surface area (Å²) in [6.07, 6.45) is 5.39. The molecular formula is C22H19F3N6O2S. The zero-order chi connectivity index (χ0) is 24.0. The molecule has 1 saturated carbocycles. The second-order valence-electron chi connectivity index (χ2n) is 8.07. The maximum atomic E-state index is 15.0. The van der Waals surface area contributed by atoms with E-state index in [1.807, 2.05) is 0 Å². The van der Waals surface area contributed by atoms with Gasteiger partial charge in [-0.1, -0.05) is 18.9 Å². The highest BCUT2D eigenvalue weighted by atomic mass is 32.2. The highest BCUT2D eigenvalue weighted by Crippen LogP contribution is 2.37. The fraction of sp³-hybridized carbons (Fsp3) is 0.227. The Morgan fingerprint density at radius 1 is 0.971 bits per heavy atom. The molecule has 1 aliphatic rings. The summed E-state index contributed by atoms with van der Waals surface area (Å²) in [7, 11) is -4.36. The fourth-order valence-corrected chi connectivity index (χ4v) is 5.27. The van der Waals surface area contributed by atoms with Crippen molar-refractivity contribution in [3.8, 4) is 11.3 Å². The van der Waals surface area contributed by atoms with E-state index in [2.05, 4.69) is 19.8 Å². The van der Waals surface area contributed by atoms with Crippen LogP contribution < -0.4 is 10.5 Å². The Kier molecular flexibility index (Phi) is 5.39. The molecule has 2 aromatic carbocycles. The molecular weight excluding hydrogens is 469 g/mol. The zero-order valence-electron chi connectivity index (χ0n) is 17.7. The predicted octanol–water partition coefficient (Wildman–Crippen LogP) is 4.41. The quantitative estimate of drug-likeness (QED) is 0.430. The van der Waals surface area contributed by atoms with E-state index in [-0.39, 0.29) is 17.5 Å². The number of nitrogens with two attached hydrogens (primary N) is 1. The van der Waals surface area contributed by atoms with Crippen LogP contribution in [0.1, 0.15) is 31.7 Å². The minimum Gasteiger partial charge on any atom is -0.383 e. The number of aromatic nitrogens is 4. The van der Waals surface area contributed by atoms with Crippen LogP contribution in [0.2, 0.25) is 0 Å². The van der Waals surface area contributed by atoms with E-state index < -0.39 is 32.4 Å². The Morgan fingerprint density at radius 2 is 1.74 bits per heavy atom. The number of hydrogen-bond donors (Lipinski definition) is 2. The van der Waals surface area contributed by atoms with Crippen LogP contribution in [0.25, 0.3) is 22.3 Å². The van der Waals surface area contributed by atoms with Crippen LogP contribution >= 0.6 is 0 Å². The van der Waals surface area contributed by atoms with Gasteiger partial charge in [0.25, 0.3) is 10.0 Å². The van der Waals surface area contributed by atoms with Crippen molar-refractivity contribution in [2.75, 3.05) is 10.5 Å². The van der Waals surface area contributed by atoms with Gasteiger partial charge in [-0.2, -0.15) is 5.10 Å². The van der Waals surface area contributed by atoms with Crippen LogP contribution in [0.3, 0.4) is 0 Å². The lowest BCUT2D eigenvalue weighted by Gasteiger charge is -2.11. The third kappa shape index (κ3) is 3.83. The molecule has 0 radical (unpaired) electrons. The number of benzene rings is 2. The summed E-state index contributed by atoms with van der Waals surface area (Å²) >= 11 is 0. The molecule has 0 bridgehead atoms. The molecule has 2 aromatic heterocycles. The lowest BCUT2D eigenvalue weighted by molar-refractivity contribution is 0.479. The van der Waals surface area contributed by atoms with Gasteiger partial charge in [-0.15, -0.1) is 0 Å². The number of nitrogen functional groups attached to an aromatic ring is 1. The molecule has 4 aromatic rings. The average molecular weight is 488 g/mol. The molecule has 0 spiro atoms. The molecule has 8 nitrogen and oxygen atoms in total. The molecule has 176 valence electrons. The summed E-state index contributed by atoms with van der Waals surface area (Å²) in [5.74, 6) is -3.21. The van der Waals surface area contributed by atoms with Crippen LogP contribution in [0, 0.1) is 17.5 Å². The minimum absolute atomic E-state index is 0.151. The monoisotopic (exact) mass is 488 g/mol. The molecule has 5 rings (SSSR count). The van der Waals surface area contributed by atoms with Gasteiger partial charge in [-0.3, -0.25) is 4.72 Å². The van der Waals surface area contributed by atoms with E-state index in [0.29, 0.717) is 34.4 Å². The van der Waals surface area contributed by atoms with Gasteiger partial charge < -0.3 is 5.73 Å². The Labute approximate surface area is 192 Å². The third-order valence-corrected chi connectivity index (χ3v) is 7.24. The van der Waals surface area contributed by atoms with Crippen molar-refractivity contribution in [2.45, 2.75) is 36.6 Å². The molecule has 0 saturated heterocycles. The summed E-state index contributed by atoms with van der Waals surface area (Å²) < 4.78 is 70.5. The molecule has 3 N–H and O–H groups in total. The number of halogens is 3. The van der Waals surface area contributed by atoms with Gasteiger partial charge in [0.05, 0.1) is 22.0 Å². The number of rotatable bonds is 5. The largest absolute Gasteiger partial charge is 0.383 e. The number of fused-ring (bicyclic) bond motifs is 1. The molecule has 1 aliphatic carbocycles. The van der Waals surface area contributed by atoms with E-state index >= 15 is 0 Å². The number of anilines is 2. The van der Waals surface area contributed by atoms with Gasteiger partial charge in [0.1, 0.15) is 23.7 Å². The summed E-state index contributed by atoms with van der Waals surface area (Å²) in [6.45, 7) is 0. The first-order valence-electron chi connectivity index (χ1n) is 10.5. The second-order valence-corrected chi connectivity index (χ2v) is 9.75. The summed E-state index contributed by atoms with van der Waals surface area (Å²) in [4.78, 5) is 7.83. The number of nitrogens with zero attached hydrogens (tertiary/aromatic N) is 4. The Bertz CT molecular complexity index is 1520. The van der Waals surface area contributed by atoms with Crippen molar-refractivity contribution in [1.82, 2.24) is 19.7 Å². The molecule has 1 fully saturated rings. The van der Waals surface area contributed by atoms with Crippen molar-refractivity contribution in [1.29, 1.82) is 0 Å². The molecule has 34 heavy (non-hydrogen) atoms. The molecule has 2 heterocycles. The molecule has 0 amide bonds. The fourth-order valence-electron chi connectivity index (χ4n) is 4.19. The van der Waals surface area contributed by atoms with Crippen molar-refractivity contribution in [2.24, 2.45) is 0 Å². The van der Waals surface area contributed by atoms with Gasteiger partial charge in [0, 0.05) is 5.56 Å². The summed E-state index contributed by atoms with van der Waals surface area (Å²) in [5.41, 5.74) is 7.03. The number of nitrogens with one attached hydrogen (secondary N) is 1. The first-order valence-corrected chi connectivity index (χ1v) is 12.0. The normalized spacial score (nSPS) is 14.7. The van der Waals surface area contributed by atoms with Crippen molar-refractivity contribution in [3.05, 3.63) is 60.2 Å². The van der Waals surface area contributed by atoms with Crippen LogP contribution in [-0.4, -0.2) is 28.2 Å². The summed E-state index contributed by atoms with van der Waals surface area (Å²) in [6, 6.07) is 6.07. The van der Waals surface area contributed by atoms with Gasteiger partial charge in [-0.25, -0.2) is 36.2 Å². The van der Waals surface area contributed by atoms with Crippen LogP contribution in [0.5, 0.6) is 0 Å². The third-order valence-electron chi connectivity index (χ3n) is 5.88.